The van der Waals surface area contributed by atoms with Gasteiger partial charge < -0.3 is 10.3 Å². The molecule has 4 nitrogen and oxygen atoms in total. The van der Waals surface area contributed by atoms with Crippen LogP contribution in [0.3, 0.4) is 0 Å². The van der Waals surface area contributed by atoms with E-state index in [0.717, 1.165) is 25.1 Å². The van der Waals surface area contributed by atoms with Gasteiger partial charge >= 0.3 is 0 Å². The Kier molecular flexibility index (Phi) is 3.57. The molecule has 2 aromatic rings. The predicted octanol–water partition coefficient (Wildman–Crippen LogP) is 3.00. The largest absolute Gasteiger partial charge is 0.338 e. The SMILES string of the molecule is CC(C)C[C@H](N)c1nc(C2Cc3ccccc3C2)no1. The number of hydrogen-bond donors (Lipinski definition) is 1. The fraction of sp³-hybridized carbons (Fsp3) is 0.500. The molecule has 1 aliphatic carbocycles. The molecule has 1 atom stereocenters. The third-order valence-electron chi connectivity index (χ3n) is 3.92. The molecule has 0 unspecified atom stereocenters. The first kappa shape index (κ1) is 13.3. The lowest BCUT2D eigenvalue weighted by Crippen LogP contribution is -2.13. The lowest BCUT2D eigenvalue weighted by atomic mass is 10.0. The van der Waals surface area contributed by atoms with Crippen molar-refractivity contribution in [3.05, 3.63) is 47.1 Å². The van der Waals surface area contributed by atoms with E-state index in [0.29, 0.717) is 17.7 Å². The number of fused-ring (bicyclic) bond motifs is 1. The fourth-order valence-corrected chi connectivity index (χ4v) is 2.91. The van der Waals surface area contributed by atoms with Gasteiger partial charge in [-0.15, -0.1) is 0 Å². The molecule has 2 N–H and O–H groups in total. The first-order valence-electron chi connectivity index (χ1n) is 7.29. The van der Waals surface area contributed by atoms with Crippen LogP contribution in [-0.2, 0) is 12.8 Å². The maximum atomic E-state index is 6.10. The summed E-state index contributed by atoms with van der Waals surface area (Å²) in [6.45, 7) is 4.29. The highest BCUT2D eigenvalue weighted by Gasteiger charge is 2.27. The van der Waals surface area contributed by atoms with E-state index in [1.165, 1.54) is 11.1 Å². The Morgan fingerprint density at radius 1 is 1.25 bits per heavy atom. The molecule has 1 heterocycles. The number of nitrogens with two attached hydrogens (primary N) is 1. The summed E-state index contributed by atoms with van der Waals surface area (Å²) in [5.74, 6) is 2.23. The maximum absolute atomic E-state index is 6.10. The number of rotatable bonds is 4. The predicted molar refractivity (Wildman–Crippen MR) is 77.3 cm³/mol. The van der Waals surface area contributed by atoms with Crippen LogP contribution in [-0.4, -0.2) is 10.1 Å². The molecule has 1 aromatic heterocycles. The van der Waals surface area contributed by atoms with Crippen molar-refractivity contribution in [3.63, 3.8) is 0 Å². The third kappa shape index (κ3) is 2.61. The number of aromatic nitrogens is 2. The van der Waals surface area contributed by atoms with Crippen molar-refractivity contribution in [2.24, 2.45) is 11.7 Å². The van der Waals surface area contributed by atoms with E-state index in [1.807, 2.05) is 0 Å². The minimum absolute atomic E-state index is 0.153. The molecule has 0 saturated carbocycles. The van der Waals surface area contributed by atoms with E-state index in [9.17, 15) is 0 Å². The van der Waals surface area contributed by atoms with Crippen LogP contribution in [0.25, 0.3) is 0 Å². The Labute approximate surface area is 119 Å². The van der Waals surface area contributed by atoms with Crippen LogP contribution in [0.15, 0.2) is 28.8 Å². The number of benzene rings is 1. The Balaban J connectivity index is 1.73. The lowest BCUT2D eigenvalue weighted by Gasteiger charge is -2.08. The summed E-state index contributed by atoms with van der Waals surface area (Å²) in [5, 5.41) is 4.14. The van der Waals surface area contributed by atoms with Gasteiger partial charge in [-0.3, -0.25) is 0 Å². The highest BCUT2D eigenvalue weighted by Crippen LogP contribution is 2.32. The van der Waals surface area contributed by atoms with Gasteiger partial charge in [0.25, 0.3) is 0 Å². The summed E-state index contributed by atoms with van der Waals surface area (Å²) in [6.07, 6.45) is 2.86. The standard InChI is InChI=1S/C16H21N3O/c1-10(2)7-14(17)16-18-15(19-20-16)13-8-11-5-3-4-6-12(11)9-13/h3-6,10,13-14H,7-9,17H2,1-2H3/t14-/m0/s1. The first-order chi connectivity index (χ1) is 9.63. The summed E-state index contributed by atoms with van der Waals surface area (Å²) in [6, 6.07) is 8.38. The van der Waals surface area contributed by atoms with Crippen molar-refractivity contribution >= 4 is 0 Å². The molecule has 1 aromatic carbocycles. The molecule has 0 amide bonds. The molecular weight excluding hydrogens is 250 g/mol. The van der Waals surface area contributed by atoms with Gasteiger partial charge in [0.1, 0.15) is 0 Å². The van der Waals surface area contributed by atoms with Crippen LogP contribution < -0.4 is 5.73 Å². The number of nitrogens with zero attached hydrogens (tertiary/aromatic N) is 2. The van der Waals surface area contributed by atoms with Gasteiger partial charge in [-0.25, -0.2) is 0 Å². The summed E-state index contributed by atoms with van der Waals surface area (Å²) >= 11 is 0. The minimum atomic E-state index is -0.153. The van der Waals surface area contributed by atoms with E-state index in [4.69, 9.17) is 10.3 Å². The Bertz CT molecular complexity index is 566. The van der Waals surface area contributed by atoms with Gasteiger partial charge in [0, 0.05) is 5.92 Å². The quantitative estimate of drug-likeness (QED) is 0.928. The average molecular weight is 271 g/mol. The first-order valence-corrected chi connectivity index (χ1v) is 7.29. The zero-order valence-electron chi connectivity index (χ0n) is 12.0. The van der Waals surface area contributed by atoms with Crippen LogP contribution in [0.2, 0.25) is 0 Å². The second-order valence-corrected chi connectivity index (χ2v) is 6.10. The smallest absolute Gasteiger partial charge is 0.243 e. The molecule has 106 valence electrons. The van der Waals surface area contributed by atoms with Crippen molar-refractivity contribution < 1.29 is 4.52 Å². The Morgan fingerprint density at radius 2 is 1.90 bits per heavy atom. The van der Waals surface area contributed by atoms with Crippen LogP contribution >= 0.6 is 0 Å². The van der Waals surface area contributed by atoms with Gasteiger partial charge in [0.05, 0.1) is 6.04 Å². The Hall–Kier alpha value is -1.68. The molecule has 0 spiro atoms. The van der Waals surface area contributed by atoms with Crippen LogP contribution in [0.1, 0.15) is 55.1 Å². The summed E-state index contributed by atoms with van der Waals surface area (Å²) in [5.41, 5.74) is 8.89. The summed E-state index contributed by atoms with van der Waals surface area (Å²) in [4.78, 5) is 4.53. The van der Waals surface area contributed by atoms with E-state index in [-0.39, 0.29) is 6.04 Å². The van der Waals surface area contributed by atoms with Crippen molar-refractivity contribution in [2.75, 3.05) is 0 Å². The molecule has 0 saturated heterocycles. The Morgan fingerprint density at radius 3 is 2.50 bits per heavy atom. The van der Waals surface area contributed by atoms with Crippen molar-refractivity contribution in [1.29, 1.82) is 0 Å². The monoisotopic (exact) mass is 271 g/mol. The zero-order chi connectivity index (χ0) is 14.1. The summed E-state index contributed by atoms with van der Waals surface area (Å²) < 4.78 is 5.35. The second-order valence-electron chi connectivity index (χ2n) is 6.10. The summed E-state index contributed by atoms with van der Waals surface area (Å²) in [7, 11) is 0. The van der Waals surface area contributed by atoms with E-state index >= 15 is 0 Å². The van der Waals surface area contributed by atoms with E-state index in [1.54, 1.807) is 0 Å². The van der Waals surface area contributed by atoms with Crippen molar-refractivity contribution in [2.45, 2.75) is 45.1 Å². The zero-order valence-corrected chi connectivity index (χ0v) is 12.0. The van der Waals surface area contributed by atoms with Gasteiger partial charge in [-0.2, -0.15) is 4.98 Å². The van der Waals surface area contributed by atoms with Crippen LogP contribution in [0, 0.1) is 5.92 Å². The van der Waals surface area contributed by atoms with Gasteiger partial charge in [-0.05, 0) is 36.3 Å². The molecule has 0 radical (unpaired) electrons. The molecule has 0 bridgehead atoms. The van der Waals surface area contributed by atoms with E-state index in [2.05, 4.69) is 48.3 Å². The topological polar surface area (TPSA) is 64.9 Å². The van der Waals surface area contributed by atoms with Gasteiger partial charge in [-0.1, -0.05) is 43.3 Å². The van der Waals surface area contributed by atoms with Crippen molar-refractivity contribution in [1.82, 2.24) is 10.1 Å². The minimum Gasteiger partial charge on any atom is -0.338 e. The van der Waals surface area contributed by atoms with Crippen molar-refractivity contribution in [3.8, 4) is 0 Å². The fourth-order valence-electron chi connectivity index (χ4n) is 2.91. The molecule has 0 fully saturated rings. The normalized spacial score (nSPS) is 16.6. The number of hydrogen-bond acceptors (Lipinski definition) is 4. The molecule has 3 rings (SSSR count). The molecule has 1 aliphatic rings. The molecule has 4 heteroatoms. The third-order valence-corrected chi connectivity index (χ3v) is 3.92. The van der Waals surface area contributed by atoms with Crippen LogP contribution in [0.4, 0.5) is 0 Å². The van der Waals surface area contributed by atoms with Gasteiger partial charge in [0.2, 0.25) is 5.89 Å². The van der Waals surface area contributed by atoms with Crippen LogP contribution in [0.5, 0.6) is 0 Å². The lowest BCUT2D eigenvalue weighted by molar-refractivity contribution is 0.331. The molecule has 0 aliphatic heterocycles. The highest BCUT2D eigenvalue weighted by atomic mass is 16.5. The molecular formula is C16H21N3O. The maximum Gasteiger partial charge on any atom is 0.243 e. The van der Waals surface area contributed by atoms with E-state index < -0.39 is 0 Å². The highest BCUT2D eigenvalue weighted by molar-refractivity contribution is 5.34. The average Bonchev–Trinajstić information content (AvgIpc) is 3.04. The second kappa shape index (κ2) is 5.37. The van der Waals surface area contributed by atoms with Gasteiger partial charge in [0.15, 0.2) is 5.82 Å². The molecule has 20 heavy (non-hydrogen) atoms.